The van der Waals surface area contributed by atoms with Crippen molar-refractivity contribution in [3.63, 3.8) is 0 Å². The Kier molecular flexibility index (Phi) is 6.59. The fourth-order valence-corrected chi connectivity index (χ4v) is 4.09. The second-order valence-electron chi connectivity index (χ2n) is 7.67. The van der Waals surface area contributed by atoms with Crippen LogP contribution in [0.2, 0.25) is 0 Å². The Bertz CT molecular complexity index is 1140. The largest absolute Gasteiger partial charge is 0.490 e. The van der Waals surface area contributed by atoms with E-state index in [9.17, 15) is 9.59 Å². The standard InChI is InChI=1S/C26H28N2O4/c1-3-31-22-14-13-18(16-23(22)32-4-2)17-27-24(29)12-7-15-28-21-11-6-9-19-8-5-10-20(25(19)21)26(28)30/h5-6,8-11,13-14,16H,3-4,7,12,15,17H2,1-2H3,(H,27,29). The Morgan fingerprint density at radius 1 is 0.969 bits per heavy atom. The Hall–Kier alpha value is -3.54. The van der Waals surface area contributed by atoms with Crippen LogP contribution >= 0.6 is 0 Å². The molecule has 0 atom stereocenters. The van der Waals surface area contributed by atoms with E-state index < -0.39 is 0 Å². The summed E-state index contributed by atoms with van der Waals surface area (Å²) >= 11 is 0. The number of ether oxygens (including phenoxy) is 2. The molecule has 0 fully saturated rings. The fourth-order valence-electron chi connectivity index (χ4n) is 4.09. The van der Waals surface area contributed by atoms with Crippen molar-refractivity contribution in [2.75, 3.05) is 24.7 Å². The Morgan fingerprint density at radius 3 is 2.50 bits per heavy atom. The van der Waals surface area contributed by atoms with Crippen LogP contribution in [0.5, 0.6) is 11.5 Å². The van der Waals surface area contributed by atoms with Gasteiger partial charge in [-0.2, -0.15) is 0 Å². The fraction of sp³-hybridized carbons (Fsp3) is 0.308. The molecule has 0 unspecified atom stereocenters. The zero-order valence-corrected chi connectivity index (χ0v) is 18.5. The summed E-state index contributed by atoms with van der Waals surface area (Å²) in [5, 5.41) is 5.02. The maximum Gasteiger partial charge on any atom is 0.258 e. The molecule has 6 nitrogen and oxygen atoms in total. The highest BCUT2D eigenvalue weighted by atomic mass is 16.5. The van der Waals surface area contributed by atoms with Crippen LogP contribution in [-0.2, 0) is 11.3 Å². The van der Waals surface area contributed by atoms with Crippen LogP contribution in [0.4, 0.5) is 5.69 Å². The van der Waals surface area contributed by atoms with E-state index in [1.165, 1.54) is 0 Å². The zero-order valence-electron chi connectivity index (χ0n) is 18.5. The smallest absolute Gasteiger partial charge is 0.258 e. The highest BCUT2D eigenvalue weighted by Gasteiger charge is 2.28. The number of nitrogens with one attached hydrogen (secondary N) is 1. The average Bonchev–Trinajstić information content (AvgIpc) is 3.07. The van der Waals surface area contributed by atoms with Gasteiger partial charge in [0.15, 0.2) is 11.5 Å². The molecule has 0 saturated heterocycles. The number of benzene rings is 3. The summed E-state index contributed by atoms with van der Waals surface area (Å²) in [7, 11) is 0. The number of carbonyl (C=O) groups is 2. The first-order valence-corrected chi connectivity index (χ1v) is 11.1. The minimum absolute atomic E-state index is 0.00931. The van der Waals surface area contributed by atoms with E-state index in [2.05, 4.69) is 5.32 Å². The lowest BCUT2D eigenvalue weighted by Gasteiger charge is -2.17. The normalized spacial score (nSPS) is 12.3. The predicted molar refractivity (Wildman–Crippen MR) is 125 cm³/mol. The van der Waals surface area contributed by atoms with Crippen molar-refractivity contribution in [1.29, 1.82) is 0 Å². The van der Waals surface area contributed by atoms with Crippen molar-refractivity contribution in [2.45, 2.75) is 33.2 Å². The van der Waals surface area contributed by atoms with Crippen LogP contribution in [0.3, 0.4) is 0 Å². The van der Waals surface area contributed by atoms with Gasteiger partial charge < -0.3 is 19.7 Å². The van der Waals surface area contributed by atoms with Crippen molar-refractivity contribution in [2.24, 2.45) is 0 Å². The third kappa shape index (κ3) is 4.40. The van der Waals surface area contributed by atoms with Crippen molar-refractivity contribution in [3.8, 4) is 11.5 Å². The maximum absolute atomic E-state index is 12.8. The molecule has 166 valence electrons. The topological polar surface area (TPSA) is 67.9 Å². The van der Waals surface area contributed by atoms with Crippen LogP contribution < -0.4 is 19.7 Å². The van der Waals surface area contributed by atoms with Gasteiger partial charge in [0.1, 0.15) is 0 Å². The van der Waals surface area contributed by atoms with E-state index in [-0.39, 0.29) is 11.8 Å². The van der Waals surface area contributed by atoms with Crippen LogP contribution in [0.1, 0.15) is 42.6 Å². The quantitative estimate of drug-likeness (QED) is 0.505. The molecule has 0 saturated carbocycles. The summed E-state index contributed by atoms with van der Waals surface area (Å²) in [4.78, 5) is 27.0. The van der Waals surface area contributed by atoms with Gasteiger partial charge in [-0.05, 0) is 55.5 Å². The molecule has 0 radical (unpaired) electrons. The maximum atomic E-state index is 12.8. The van der Waals surface area contributed by atoms with Crippen molar-refractivity contribution >= 4 is 28.3 Å². The molecule has 1 N–H and O–H groups in total. The average molecular weight is 433 g/mol. The molecule has 0 spiro atoms. The first-order valence-electron chi connectivity index (χ1n) is 11.1. The molecule has 6 heteroatoms. The minimum atomic E-state index is -0.0424. The van der Waals surface area contributed by atoms with Gasteiger partial charge >= 0.3 is 0 Å². The third-order valence-electron chi connectivity index (χ3n) is 5.53. The molecular weight excluding hydrogens is 404 g/mol. The SMILES string of the molecule is CCOc1ccc(CNC(=O)CCCN2C(=O)c3cccc4cccc2c34)cc1OCC. The van der Waals surface area contributed by atoms with E-state index in [0.717, 1.165) is 27.6 Å². The van der Waals surface area contributed by atoms with Crippen LogP contribution in [0.15, 0.2) is 54.6 Å². The van der Waals surface area contributed by atoms with E-state index >= 15 is 0 Å². The van der Waals surface area contributed by atoms with Gasteiger partial charge in [-0.3, -0.25) is 9.59 Å². The molecule has 1 aliphatic heterocycles. The van der Waals surface area contributed by atoms with Gasteiger partial charge in [0, 0.05) is 30.5 Å². The Labute approximate surface area is 188 Å². The molecule has 4 rings (SSSR count). The van der Waals surface area contributed by atoms with Gasteiger partial charge in [0.25, 0.3) is 5.91 Å². The second-order valence-corrected chi connectivity index (χ2v) is 7.67. The highest BCUT2D eigenvalue weighted by molar-refractivity contribution is 6.25. The molecular formula is C26H28N2O4. The summed E-state index contributed by atoms with van der Waals surface area (Å²) in [6.45, 7) is 5.89. The van der Waals surface area contributed by atoms with Crippen LogP contribution in [-0.4, -0.2) is 31.6 Å². The van der Waals surface area contributed by atoms with E-state index in [0.29, 0.717) is 50.6 Å². The molecule has 32 heavy (non-hydrogen) atoms. The summed E-state index contributed by atoms with van der Waals surface area (Å²) in [6, 6.07) is 17.4. The predicted octanol–water partition coefficient (Wildman–Crippen LogP) is 4.69. The highest BCUT2D eigenvalue weighted by Crippen LogP contribution is 2.37. The summed E-state index contributed by atoms with van der Waals surface area (Å²) in [5.74, 6) is 1.35. The minimum Gasteiger partial charge on any atom is -0.490 e. The number of anilines is 1. The van der Waals surface area contributed by atoms with Crippen molar-refractivity contribution in [3.05, 3.63) is 65.7 Å². The lowest BCUT2D eigenvalue weighted by Crippen LogP contribution is -2.29. The molecule has 2 amide bonds. The van der Waals surface area contributed by atoms with Crippen LogP contribution in [0.25, 0.3) is 10.8 Å². The molecule has 3 aromatic rings. The van der Waals surface area contributed by atoms with Gasteiger partial charge in [0.2, 0.25) is 5.91 Å². The Balaban J connectivity index is 1.31. The summed E-state index contributed by atoms with van der Waals surface area (Å²) in [5.41, 5.74) is 2.62. The van der Waals surface area contributed by atoms with Gasteiger partial charge in [0.05, 0.1) is 18.9 Å². The second kappa shape index (κ2) is 9.73. The number of hydrogen-bond acceptors (Lipinski definition) is 4. The number of nitrogens with zero attached hydrogens (tertiary/aromatic N) is 1. The summed E-state index contributed by atoms with van der Waals surface area (Å²) in [6.07, 6.45) is 0.945. The van der Waals surface area contributed by atoms with Gasteiger partial charge in [-0.1, -0.05) is 30.3 Å². The zero-order chi connectivity index (χ0) is 22.5. The van der Waals surface area contributed by atoms with E-state index in [1.807, 2.05) is 68.4 Å². The first-order chi connectivity index (χ1) is 15.6. The molecule has 1 aliphatic rings. The number of hydrogen-bond donors (Lipinski definition) is 1. The number of amides is 2. The summed E-state index contributed by atoms with van der Waals surface area (Å²) < 4.78 is 11.2. The van der Waals surface area contributed by atoms with Crippen LogP contribution in [0, 0.1) is 0 Å². The van der Waals surface area contributed by atoms with Crippen molar-refractivity contribution < 1.29 is 19.1 Å². The molecule has 0 bridgehead atoms. The number of carbonyl (C=O) groups excluding carboxylic acids is 2. The molecule has 0 aliphatic carbocycles. The van der Waals surface area contributed by atoms with Crippen molar-refractivity contribution in [1.82, 2.24) is 5.32 Å². The third-order valence-corrected chi connectivity index (χ3v) is 5.53. The molecule has 0 aromatic heterocycles. The first kappa shape index (κ1) is 21.7. The monoisotopic (exact) mass is 432 g/mol. The number of rotatable bonds is 10. The molecule has 1 heterocycles. The molecule has 3 aromatic carbocycles. The Morgan fingerprint density at radius 2 is 1.72 bits per heavy atom. The lowest BCUT2D eigenvalue weighted by molar-refractivity contribution is -0.121. The van der Waals surface area contributed by atoms with Gasteiger partial charge in [-0.15, -0.1) is 0 Å². The van der Waals surface area contributed by atoms with E-state index in [4.69, 9.17) is 9.47 Å². The van der Waals surface area contributed by atoms with Gasteiger partial charge in [-0.25, -0.2) is 0 Å². The van der Waals surface area contributed by atoms with E-state index in [1.54, 1.807) is 4.90 Å². The lowest BCUT2D eigenvalue weighted by atomic mass is 10.1.